The van der Waals surface area contributed by atoms with Gasteiger partial charge in [-0.15, -0.1) is 11.3 Å². The first-order valence-corrected chi connectivity index (χ1v) is 13.2. The average molecular weight is 501 g/mol. The Bertz CT molecular complexity index is 1250. The van der Waals surface area contributed by atoms with Crippen molar-refractivity contribution in [2.75, 3.05) is 47.4 Å². The number of hydrogen-bond acceptors (Lipinski definition) is 7. The van der Waals surface area contributed by atoms with Gasteiger partial charge in [0, 0.05) is 56.8 Å². The summed E-state index contributed by atoms with van der Waals surface area (Å²) in [4.78, 5) is 22.0. The van der Waals surface area contributed by atoms with E-state index >= 15 is 0 Å². The summed E-state index contributed by atoms with van der Waals surface area (Å²) >= 11 is 1.63. The van der Waals surface area contributed by atoms with Crippen LogP contribution < -0.4 is 4.74 Å². The maximum absolute atomic E-state index is 12.9. The van der Waals surface area contributed by atoms with E-state index in [9.17, 15) is 13.2 Å². The second kappa shape index (κ2) is 10.2. The summed E-state index contributed by atoms with van der Waals surface area (Å²) in [5, 5.41) is 3.10. The number of piperazine rings is 1. The standard InChI is InChI=1S/C24H28N4O4S2/c1-26(2)34(30,31)21-9-7-18(8-10-21)24(29)28-13-11-27(12-14-28)16-23-25-22(17-33-23)19-5-4-6-20(15-19)32-3/h4-10,15,17H,11-14,16H2,1-3H3. The van der Waals surface area contributed by atoms with Crippen molar-refractivity contribution >= 4 is 27.3 Å². The molecule has 1 saturated heterocycles. The summed E-state index contributed by atoms with van der Waals surface area (Å²) in [7, 11) is 1.11. The SMILES string of the molecule is COc1cccc(-c2csc(CN3CCN(C(=O)c4ccc(S(=O)(=O)N(C)C)cc4)CC3)n2)c1. The second-order valence-corrected chi connectivity index (χ2v) is 11.3. The Labute approximate surface area is 204 Å². The summed E-state index contributed by atoms with van der Waals surface area (Å²) in [5.41, 5.74) is 2.46. The van der Waals surface area contributed by atoms with Crippen molar-refractivity contribution in [2.24, 2.45) is 0 Å². The first-order chi connectivity index (χ1) is 16.3. The number of nitrogens with zero attached hydrogens (tertiary/aromatic N) is 4. The lowest BCUT2D eigenvalue weighted by molar-refractivity contribution is 0.0628. The van der Waals surface area contributed by atoms with Gasteiger partial charge < -0.3 is 9.64 Å². The molecule has 34 heavy (non-hydrogen) atoms. The van der Waals surface area contributed by atoms with Crippen molar-refractivity contribution in [1.29, 1.82) is 0 Å². The minimum atomic E-state index is -3.51. The normalized spacial score (nSPS) is 15.0. The zero-order valence-corrected chi connectivity index (χ0v) is 21.1. The van der Waals surface area contributed by atoms with E-state index in [0.29, 0.717) is 18.7 Å². The largest absolute Gasteiger partial charge is 0.497 e. The van der Waals surface area contributed by atoms with Crippen LogP contribution in [0.1, 0.15) is 15.4 Å². The number of hydrogen-bond donors (Lipinski definition) is 0. The Morgan fingerprint density at radius 3 is 2.44 bits per heavy atom. The number of methoxy groups -OCH3 is 1. The predicted octanol–water partition coefficient (Wildman–Crippen LogP) is 3.03. The molecule has 1 aliphatic rings. The topological polar surface area (TPSA) is 83.0 Å². The van der Waals surface area contributed by atoms with Crippen molar-refractivity contribution in [1.82, 2.24) is 19.1 Å². The number of rotatable bonds is 7. The fourth-order valence-electron chi connectivity index (χ4n) is 3.76. The Kier molecular flexibility index (Phi) is 7.32. The lowest BCUT2D eigenvalue weighted by Gasteiger charge is -2.34. The lowest BCUT2D eigenvalue weighted by atomic mass is 10.1. The van der Waals surface area contributed by atoms with Gasteiger partial charge in [-0.25, -0.2) is 17.7 Å². The van der Waals surface area contributed by atoms with E-state index in [1.807, 2.05) is 29.2 Å². The van der Waals surface area contributed by atoms with Crippen molar-refractivity contribution in [3.8, 4) is 17.0 Å². The molecule has 1 amide bonds. The minimum absolute atomic E-state index is 0.0805. The van der Waals surface area contributed by atoms with Gasteiger partial charge in [-0.3, -0.25) is 9.69 Å². The van der Waals surface area contributed by atoms with Gasteiger partial charge in [0.25, 0.3) is 5.91 Å². The average Bonchev–Trinajstić information content (AvgIpc) is 3.32. The van der Waals surface area contributed by atoms with E-state index in [1.54, 1.807) is 30.6 Å². The third-order valence-electron chi connectivity index (χ3n) is 5.82. The van der Waals surface area contributed by atoms with Gasteiger partial charge in [0.15, 0.2) is 0 Å². The van der Waals surface area contributed by atoms with Crippen LogP contribution in [0.25, 0.3) is 11.3 Å². The molecule has 2 heterocycles. The van der Waals surface area contributed by atoms with Crippen molar-refractivity contribution in [3.63, 3.8) is 0 Å². The third-order valence-corrected chi connectivity index (χ3v) is 8.48. The van der Waals surface area contributed by atoms with Gasteiger partial charge in [0.2, 0.25) is 10.0 Å². The van der Waals surface area contributed by atoms with Crippen LogP contribution in [0.4, 0.5) is 0 Å². The highest BCUT2D eigenvalue weighted by molar-refractivity contribution is 7.89. The van der Waals surface area contributed by atoms with E-state index in [-0.39, 0.29) is 10.8 Å². The Morgan fingerprint density at radius 2 is 1.79 bits per heavy atom. The molecule has 4 rings (SSSR count). The van der Waals surface area contributed by atoms with Gasteiger partial charge in [-0.05, 0) is 36.4 Å². The molecule has 1 aromatic heterocycles. The Hall–Kier alpha value is -2.79. The predicted molar refractivity (Wildman–Crippen MR) is 133 cm³/mol. The quantitative estimate of drug-likeness (QED) is 0.496. The number of carbonyl (C=O) groups is 1. The van der Waals surface area contributed by atoms with Crippen LogP contribution >= 0.6 is 11.3 Å². The fourth-order valence-corrected chi connectivity index (χ4v) is 5.51. The molecule has 0 unspecified atom stereocenters. The first-order valence-electron chi connectivity index (χ1n) is 10.9. The van der Waals surface area contributed by atoms with Crippen molar-refractivity contribution < 1.29 is 17.9 Å². The number of aromatic nitrogens is 1. The monoisotopic (exact) mass is 500 g/mol. The van der Waals surface area contributed by atoms with Crippen LogP contribution in [0.5, 0.6) is 5.75 Å². The van der Waals surface area contributed by atoms with Gasteiger partial charge in [0.1, 0.15) is 10.8 Å². The minimum Gasteiger partial charge on any atom is -0.497 e. The molecule has 0 atom stereocenters. The molecule has 0 bridgehead atoms. The van der Waals surface area contributed by atoms with Crippen molar-refractivity contribution in [3.05, 3.63) is 64.5 Å². The Morgan fingerprint density at radius 1 is 1.09 bits per heavy atom. The molecule has 1 aliphatic heterocycles. The van der Waals surface area contributed by atoms with Gasteiger partial charge >= 0.3 is 0 Å². The summed E-state index contributed by atoms with van der Waals surface area (Å²) in [5.74, 6) is 0.727. The highest BCUT2D eigenvalue weighted by Gasteiger charge is 2.24. The number of carbonyl (C=O) groups excluding carboxylic acids is 1. The number of benzene rings is 2. The van der Waals surface area contributed by atoms with Gasteiger partial charge in [-0.2, -0.15) is 0 Å². The molecule has 0 N–H and O–H groups in total. The second-order valence-electron chi connectivity index (χ2n) is 8.24. The van der Waals surface area contributed by atoms with E-state index in [0.717, 1.165) is 46.0 Å². The molecule has 0 radical (unpaired) electrons. The summed E-state index contributed by atoms with van der Waals surface area (Å²) in [6.07, 6.45) is 0. The molecular weight excluding hydrogens is 472 g/mol. The van der Waals surface area contributed by atoms with Crippen LogP contribution in [0.3, 0.4) is 0 Å². The maximum atomic E-state index is 12.9. The van der Waals surface area contributed by atoms with Crippen LogP contribution in [0.15, 0.2) is 58.8 Å². The van der Waals surface area contributed by atoms with E-state index < -0.39 is 10.0 Å². The molecule has 0 saturated carbocycles. The molecule has 1 fully saturated rings. The van der Waals surface area contributed by atoms with Crippen LogP contribution in [-0.2, 0) is 16.6 Å². The molecule has 8 nitrogen and oxygen atoms in total. The number of sulfonamides is 1. The summed E-state index contributed by atoms with van der Waals surface area (Å²) in [6, 6.07) is 14.0. The first kappa shape index (κ1) is 24.3. The van der Waals surface area contributed by atoms with Crippen LogP contribution in [0.2, 0.25) is 0 Å². The zero-order chi connectivity index (χ0) is 24.3. The fraction of sp³-hybridized carbons (Fsp3) is 0.333. The number of amides is 1. The smallest absolute Gasteiger partial charge is 0.253 e. The number of thiazole rings is 1. The lowest BCUT2D eigenvalue weighted by Crippen LogP contribution is -2.48. The van der Waals surface area contributed by atoms with Crippen LogP contribution in [-0.4, -0.2) is 80.8 Å². The Balaban J connectivity index is 1.33. The highest BCUT2D eigenvalue weighted by atomic mass is 32.2. The number of ether oxygens (including phenoxy) is 1. The molecular formula is C24H28N4O4S2. The molecule has 0 aliphatic carbocycles. The molecule has 180 valence electrons. The van der Waals surface area contributed by atoms with Gasteiger partial charge in [-0.1, -0.05) is 12.1 Å². The molecule has 2 aromatic carbocycles. The highest BCUT2D eigenvalue weighted by Crippen LogP contribution is 2.26. The van der Waals surface area contributed by atoms with E-state index in [1.165, 1.54) is 26.2 Å². The molecule has 0 spiro atoms. The molecule has 10 heteroatoms. The van der Waals surface area contributed by atoms with Crippen molar-refractivity contribution in [2.45, 2.75) is 11.4 Å². The maximum Gasteiger partial charge on any atom is 0.253 e. The van der Waals surface area contributed by atoms with E-state index in [4.69, 9.17) is 9.72 Å². The third kappa shape index (κ3) is 5.30. The summed E-state index contributed by atoms with van der Waals surface area (Å²) in [6.45, 7) is 3.49. The zero-order valence-electron chi connectivity index (χ0n) is 19.5. The van der Waals surface area contributed by atoms with Crippen LogP contribution in [0, 0.1) is 0 Å². The summed E-state index contributed by atoms with van der Waals surface area (Å²) < 4.78 is 30.9. The van der Waals surface area contributed by atoms with Gasteiger partial charge in [0.05, 0.1) is 24.2 Å². The van der Waals surface area contributed by atoms with E-state index in [2.05, 4.69) is 10.3 Å². The molecule has 3 aromatic rings.